The van der Waals surface area contributed by atoms with Gasteiger partial charge in [0.1, 0.15) is 5.82 Å². The van der Waals surface area contributed by atoms with E-state index in [2.05, 4.69) is 10.1 Å². The Morgan fingerprint density at radius 1 is 1.39 bits per heavy atom. The van der Waals surface area contributed by atoms with E-state index in [-0.39, 0.29) is 5.82 Å². The van der Waals surface area contributed by atoms with Crippen molar-refractivity contribution in [2.24, 2.45) is 0 Å². The van der Waals surface area contributed by atoms with Gasteiger partial charge in [-0.1, -0.05) is 25.1 Å². The van der Waals surface area contributed by atoms with Crippen LogP contribution < -0.4 is 0 Å². The first-order valence-corrected chi connectivity index (χ1v) is 5.88. The van der Waals surface area contributed by atoms with E-state index in [9.17, 15) is 4.79 Å². The number of carbonyl (C=O) groups is 1. The van der Waals surface area contributed by atoms with Crippen molar-refractivity contribution in [3.63, 3.8) is 0 Å². The van der Waals surface area contributed by atoms with E-state index >= 15 is 0 Å². The Bertz CT molecular complexity index is 575. The summed E-state index contributed by atoms with van der Waals surface area (Å²) in [5, 5.41) is 13.0. The fraction of sp³-hybridized carbons (Fsp3) is 0.308. The van der Waals surface area contributed by atoms with Gasteiger partial charge in [-0.05, 0) is 25.0 Å². The Kier molecular flexibility index (Phi) is 3.41. The van der Waals surface area contributed by atoms with Crippen LogP contribution in [0.2, 0.25) is 0 Å². The molecule has 2 rings (SSSR count). The highest BCUT2D eigenvalue weighted by Crippen LogP contribution is 2.15. The molecule has 0 spiro atoms. The highest BCUT2D eigenvalue weighted by Gasteiger charge is 2.16. The van der Waals surface area contributed by atoms with Crippen LogP contribution in [0.5, 0.6) is 0 Å². The van der Waals surface area contributed by atoms with Crippen LogP contribution in [0, 0.1) is 6.92 Å². The molecule has 0 fully saturated rings. The zero-order valence-corrected chi connectivity index (χ0v) is 10.4. The Morgan fingerprint density at radius 2 is 2.11 bits per heavy atom. The minimum atomic E-state index is -1.10. The van der Waals surface area contributed by atoms with E-state index in [0.717, 1.165) is 17.7 Å². The largest absolute Gasteiger partial charge is 0.475 e. The second-order valence-corrected chi connectivity index (χ2v) is 4.11. The molecule has 0 unspecified atom stereocenters. The third-order valence-corrected chi connectivity index (χ3v) is 2.68. The molecule has 0 saturated carbocycles. The summed E-state index contributed by atoms with van der Waals surface area (Å²) in [6.07, 6.45) is 1.60. The molecule has 1 heterocycles. The fourth-order valence-electron chi connectivity index (χ4n) is 1.81. The number of nitrogens with zero attached hydrogens (tertiary/aromatic N) is 3. The van der Waals surface area contributed by atoms with Crippen LogP contribution in [0.15, 0.2) is 24.3 Å². The predicted molar refractivity (Wildman–Crippen MR) is 67.1 cm³/mol. The zero-order valence-electron chi connectivity index (χ0n) is 10.4. The van der Waals surface area contributed by atoms with Crippen LogP contribution in [0.4, 0.5) is 0 Å². The van der Waals surface area contributed by atoms with Gasteiger partial charge in [0, 0.05) is 6.42 Å². The molecule has 2 aromatic rings. The van der Waals surface area contributed by atoms with Gasteiger partial charge in [0.2, 0.25) is 0 Å². The number of carboxylic acids is 1. The van der Waals surface area contributed by atoms with Gasteiger partial charge < -0.3 is 5.11 Å². The molecule has 94 valence electrons. The second-order valence-electron chi connectivity index (χ2n) is 4.11. The summed E-state index contributed by atoms with van der Waals surface area (Å²) in [5.41, 5.74) is 1.91. The van der Waals surface area contributed by atoms with E-state index in [1.54, 1.807) is 4.68 Å². The third kappa shape index (κ3) is 2.25. The summed E-state index contributed by atoms with van der Waals surface area (Å²) in [7, 11) is 0. The SMILES string of the molecule is CCCc1nc(C(=O)O)nn1-c1ccccc1C. The quantitative estimate of drug-likeness (QED) is 0.896. The second kappa shape index (κ2) is 5.00. The van der Waals surface area contributed by atoms with Gasteiger partial charge in [-0.15, -0.1) is 5.10 Å². The zero-order chi connectivity index (χ0) is 13.1. The first-order valence-electron chi connectivity index (χ1n) is 5.88. The number of hydrogen-bond donors (Lipinski definition) is 1. The molecule has 0 radical (unpaired) electrons. The number of aromatic nitrogens is 3. The van der Waals surface area contributed by atoms with Gasteiger partial charge in [0.15, 0.2) is 0 Å². The van der Waals surface area contributed by atoms with Crippen LogP contribution in [-0.4, -0.2) is 25.8 Å². The standard InChI is InChI=1S/C13H15N3O2/c1-3-6-11-14-12(13(17)18)15-16(11)10-8-5-4-7-9(10)2/h4-5,7-8H,3,6H2,1-2H3,(H,17,18). The first kappa shape index (κ1) is 12.3. The average molecular weight is 245 g/mol. The van der Waals surface area contributed by atoms with Crippen molar-refractivity contribution in [1.82, 2.24) is 14.8 Å². The summed E-state index contributed by atoms with van der Waals surface area (Å²) in [5.74, 6) is -0.564. The summed E-state index contributed by atoms with van der Waals surface area (Å²) < 4.78 is 1.63. The number of hydrogen-bond acceptors (Lipinski definition) is 3. The molecule has 0 aliphatic heterocycles. The molecular formula is C13H15N3O2. The van der Waals surface area contributed by atoms with Gasteiger partial charge in [0.05, 0.1) is 5.69 Å². The highest BCUT2D eigenvalue weighted by atomic mass is 16.4. The normalized spacial score (nSPS) is 10.6. The summed E-state index contributed by atoms with van der Waals surface area (Å²) in [6.45, 7) is 3.99. The Morgan fingerprint density at radius 3 is 2.72 bits per heavy atom. The van der Waals surface area contributed by atoms with Crippen LogP contribution in [0.1, 0.15) is 35.4 Å². The molecular weight excluding hydrogens is 230 g/mol. The van der Waals surface area contributed by atoms with Crippen molar-refractivity contribution in [2.75, 3.05) is 0 Å². The number of benzene rings is 1. The van der Waals surface area contributed by atoms with Crippen molar-refractivity contribution in [3.05, 3.63) is 41.5 Å². The van der Waals surface area contributed by atoms with E-state index in [0.29, 0.717) is 12.2 Å². The maximum atomic E-state index is 10.9. The monoisotopic (exact) mass is 245 g/mol. The van der Waals surface area contributed by atoms with Crippen molar-refractivity contribution in [3.8, 4) is 5.69 Å². The molecule has 0 amide bonds. The molecule has 5 nitrogen and oxygen atoms in total. The maximum Gasteiger partial charge on any atom is 0.375 e. The van der Waals surface area contributed by atoms with Gasteiger partial charge in [-0.2, -0.15) is 0 Å². The van der Waals surface area contributed by atoms with Gasteiger partial charge in [-0.25, -0.2) is 14.5 Å². The molecule has 1 N–H and O–H groups in total. The number of rotatable bonds is 4. The molecule has 18 heavy (non-hydrogen) atoms. The number of carboxylic acid groups (broad SMARTS) is 1. The van der Waals surface area contributed by atoms with Crippen LogP contribution >= 0.6 is 0 Å². The summed E-state index contributed by atoms with van der Waals surface area (Å²) in [4.78, 5) is 15.0. The van der Waals surface area contributed by atoms with Gasteiger partial charge >= 0.3 is 5.97 Å². The van der Waals surface area contributed by atoms with Crippen molar-refractivity contribution >= 4 is 5.97 Å². The van der Waals surface area contributed by atoms with Gasteiger partial charge in [0.25, 0.3) is 5.82 Å². The smallest absolute Gasteiger partial charge is 0.375 e. The van der Waals surface area contributed by atoms with E-state index in [4.69, 9.17) is 5.11 Å². The number of aromatic carboxylic acids is 1. The highest BCUT2D eigenvalue weighted by molar-refractivity contribution is 5.83. The molecule has 5 heteroatoms. The van der Waals surface area contributed by atoms with Crippen LogP contribution in [0.3, 0.4) is 0 Å². The fourth-order valence-corrected chi connectivity index (χ4v) is 1.81. The molecule has 0 aliphatic rings. The number of aryl methyl sites for hydroxylation is 2. The molecule has 0 aliphatic carbocycles. The summed E-state index contributed by atoms with van der Waals surface area (Å²) >= 11 is 0. The Balaban J connectivity index is 2.55. The first-order chi connectivity index (χ1) is 8.63. The van der Waals surface area contributed by atoms with Crippen molar-refractivity contribution in [1.29, 1.82) is 0 Å². The lowest BCUT2D eigenvalue weighted by Crippen LogP contribution is -2.05. The van der Waals surface area contributed by atoms with Crippen LogP contribution in [0.25, 0.3) is 5.69 Å². The lowest BCUT2D eigenvalue weighted by molar-refractivity contribution is 0.0683. The Labute approximate surface area is 105 Å². The Hall–Kier alpha value is -2.17. The van der Waals surface area contributed by atoms with E-state index < -0.39 is 5.97 Å². The number of para-hydroxylation sites is 1. The average Bonchev–Trinajstić information content (AvgIpc) is 2.74. The van der Waals surface area contributed by atoms with Crippen molar-refractivity contribution < 1.29 is 9.90 Å². The topological polar surface area (TPSA) is 68.0 Å². The molecule has 1 aromatic carbocycles. The molecule has 0 atom stereocenters. The minimum absolute atomic E-state index is 0.151. The van der Waals surface area contributed by atoms with Gasteiger partial charge in [-0.3, -0.25) is 0 Å². The molecule has 1 aromatic heterocycles. The molecule has 0 bridgehead atoms. The minimum Gasteiger partial charge on any atom is -0.475 e. The van der Waals surface area contributed by atoms with E-state index in [1.807, 2.05) is 38.1 Å². The van der Waals surface area contributed by atoms with E-state index in [1.165, 1.54) is 0 Å². The third-order valence-electron chi connectivity index (χ3n) is 2.68. The predicted octanol–water partition coefficient (Wildman–Crippen LogP) is 2.23. The molecule has 0 saturated heterocycles. The lowest BCUT2D eigenvalue weighted by atomic mass is 10.2. The van der Waals surface area contributed by atoms with Crippen LogP contribution in [-0.2, 0) is 6.42 Å². The lowest BCUT2D eigenvalue weighted by Gasteiger charge is -2.07. The maximum absolute atomic E-state index is 10.9. The van der Waals surface area contributed by atoms with Crippen molar-refractivity contribution in [2.45, 2.75) is 26.7 Å². The summed E-state index contributed by atoms with van der Waals surface area (Å²) in [6, 6.07) is 7.72.